The first-order valence-electron chi connectivity index (χ1n) is 9.98. The number of anilines is 1. The molecule has 2 heterocycles. The van der Waals surface area contributed by atoms with Gasteiger partial charge in [0.05, 0.1) is 6.42 Å². The van der Waals surface area contributed by atoms with Gasteiger partial charge < -0.3 is 9.88 Å². The van der Waals surface area contributed by atoms with E-state index in [0.29, 0.717) is 6.42 Å². The average molecular weight is 374 g/mol. The molecule has 28 heavy (non-hydrogen) atoms. The zero-order chi connectivity index (χ0) is 19.5. The molecule has 3 aromatic rings. The van der Waals surface area contributed by atoms with Crippen LogP contribution >= 0.6 is 0 Å². The molecule has 1 N–H and O–H groups in total. The SMILES string of the molecule is Cc1ccc(CC(=O)Nc2cccc(-c3nnc4n3CCCCC4)c2)cc1C. The van der Waals surface area contributed by atoms with Crippen molar-refractivity contribution in [2.24, 2.45) is 0 Å². The Bertz CT molecular complexity index is 1010. The number of hydrogen-bond acceptors (Lipinski definition) is 3. The third kappa shape index (κ3) is 3.98. The standard InChI is InChI=1S/C23H26N4O/c1-16-10-11-18(13-17(16)2)14-22(28)24-20-8-6-7-19(15-20)23-26-25-21-9-4-3-5-12-27(21)23/h6-8,10-11,13,15H,3-5,9,12,14H2,1-2H3,(H,24,28). The monoisotopic (exact) mass is 374 g/mol. The number of amides is 1. The second-order valence-corrected chi connectivity index (χ2v) is 7.63. The Kier molecular flexibility index (Phi) is 5.24. The van der Waals surface area contributed by atoms with E-state index in [2.05, 4.69) is 46.1 Å². The second-order valence-electron chi connectivity index (χ2n) is 7.63. The molecule has 1 aromatic heterocycles. The summed E-state index contributed by atoms with van der Waals surface area (Å²) in [7, 11) is 0. The molecule has 0 unspecified atom stereocenters. The van der Waals surface area contributed by atoms with E-state index < -0.39 is 0 Å². The third-order valence-electron chi connectivity index (χ3n) is 5.45. The van der Waals surface area contributed by atoms with Crippen LogP contribution in [0.2, 0.25) is 0 Å². The van der Waals surface area contributed by atoms with Crippen LogP contribution in [-0.2, 0) is 24.2 Å². The molecule has 5 nitrogen and oxygen atoms in total. The highest BCUT2D eigenvalue weighted by molar-refractivity contribution is 5.92. The maximum Gasteiger partial charge on any atom is 0.228 e. The van der Waals surface area contributed by atoms with Gasteiger partial charge in [0.1, 0.15) is 5.82 Å². The Morgan fingerprint density at radius 2 is 1.93 bits per heavy atom. The highest BCUT2D eigenvalue weighted by Crippen LogP contribution is 2.25. The summed E-state index contributed by atoms with van der Waals surface area (Å²) >= 11 is 0. The summed E-state index contributed by atoms with van der Waals surface area (Å²) in [6, 6.07) is 14.1. The molecule has 0 spiro atoms. The average Bonchev–Trinajstić information content (AvgIpc) is 2.93. The van der Waals surface area contributed by atoms with Gasteiger partial charge in [0, 0.05) is 24.2 Å². The van der Waals surface area contributed by atoms with Crippen LogP contribution in [0.1, 0.15) is 41.8 Å². The van der Waals surface area contributed by atoms with E-state index in [-0.39, 0.29) is 5.91 Å². The summed E-state index contributed by atoms with van der Waals surface area (Å²) in [4.78, 5) is 12.5. The lowest BCUT2D eigenvalue weighted by Crippen LogP contribution is -2.14. The Morgan fingerprint density at radius 3 is 2.79 bits per heavy atom. The van der Waals surface area contributed by atoms with E-state index >= 15 is 0 Å². The molecule has 1 aliphatic rings. The molecular weight excluding hydrogens is 348 g/mol. The summed E-state index contributed by atoms with van der Waals surface area (Å²) in [6.45, 7) is 5.11. The van der Waals surface area contributed by atoms with Crippen LogP contribution in [0, 0.1) is 13.8 Å². The zero-order valence-corrected chi connectivity index (χ0v) is 16.5. The molecule has 4 rings (SSSR count). The van der Waals surface area contributed by atoms with Crippen molar-refractivity contribution in [2.45, 2.75) is 52.5 Å². The Morgan fingerprint density at radius 1 is 1.04 bits per heavy atom. The lowest BCUT2D eigenvalue weighted by molar-refractivity contribution is -0.115. The first kappa shape index (κ1) is 18.4. The molecule has 0 atom stereocenters. The number of carbonyl (C=O) groups excluding carboxylic acids is 1. The summed E-state index contributed by atoms with van der Waals surface area (Å²) in [5.74, 6) is 1.94. The first-order valence-corrected chi connectivity index (χ1v) is 9.98. The summed E-state index contributed by atoms with van der Waals surface area (Å²) < 4.78 is 2.23. The Labute approximate surface area is 165 Å². The molecule has 0 saturated carbocycles. The smallest absolute Gasteiger partial charge is 0.228 e. The van der Waals surface area contributed by atoms with E-state index in [4.69, 9.17) is 0 Å². The van der Waals surface area contributed by atoms with Gasteiger partial charge in [-0.1, -0.05) is 36.8 Å². The minimum Gasteiger partial charge on any atom is -0.326 e. The molecule has 0 radical (unpaired) electrons. The summed E-state index contributed by atoms with van der Waals surface area (Å²) in [6.07, 6.45) is 4.92. The lowest BCUT2D eigenvalue weighted by Gasteiger charge is -2.10. The number of aryl methyl sites for hydroxylation is 3. The molecule has 0 saturated heterocycles. The van der Waals surface area contributed by atoms with E-state index in [1.54, 1.807) is 0 Å². The maximum absolute atomic E-state index is 12.5. The molecule has 5 heteroatoms. The van der Waals surface area contributed by atoms with Gasteiger partial charge in [-0.05, 0) is 55.5 Å². The molecule has 1 amide bonds. The van der Waals surface area contributed by atoms with Crippen molar-refractivity contribution < 1.29 is 4.79 Å². The van der Waals surface area contributed by atoms with E-state index in [1.807, 2.05) is 30.3 Å². The predicted octanol–water partition coefficient (Wildman–Crippen LogP) is 4.47. The largest absolute Gasteiger partial charge is 0.326 e. The summed E-state index contributed by atoms with van der Waals surface area (Å²) in [5.41, 5.74) is 5.26. The molecule has 0 bridgehead atoms. The van der Waals surface area contributed by atoms with Crippen molar-refractivity contribution in [3.05, 3.63) is 65.0 Å². The maximum atomic E-state index is 12.5. The van der Waals surface area contributed by atoms with Gasteiger partial charge >= 0.3 is 0 Å². The number of nitrogens with zero attached hydrogens (tertiary/aromatic N) is 3. The molecule has 1 aliphatic heterocycles. The lowest BCUT2D eigenvalue weighted by atomic mass is 10.0. The molecule has 0 aliphatic carbocycles. The van der Waals surface area contributed by atoms with Crippen molar-refractivity contribution in [3.8, 4) is 11.4 Å². The number of hydrogen-bond donors (Lipinski definition) is 1. The quantitative estimate of drug-likeness (QED) is 0.733. The van der Waals surface area contributed by atoms with E-state index in [0.717, 1.165) is 47.8 Å². The van der Waals surface area contributed by atoms with Gasteiger partial charge in [0.2, 0.25) is 5.91 Å². The van der Waals surface area contributed by atoms with Crippen molar-refractivity contribution in [1.82, 2.24) is 14.8 Å². The second kappa shape index (κ2) is 7.97. The Hall–Kier alpha value is -2.95. The van der Waals surface area contributed by atoms with Crippen LogP contribution in [0.5, 0.6) is 0 Å². The van der Waals surface area contributed by atoms with Gasteiger partial charge in [-0.2, -0.15) is 0 Å². The molecule has 144 valence electrons. The number of carbonyl (C=O) groups is 1. The van der Waals surface area contributed by atoms with Crippen LogP contribution in [0.4, 0.5) is 5.69 Å². The normalized spacial score (nSPS) is 13.6. The van der Waals surface area contributed by atoms with E-state index in [1.165, 1.54) is 24.0 Å². The fourth-order valence-electron chi connectivity index (χ4n) is 3.74. The van der Waals surface area contributed by atoms with Crippen molar-refractivity contribution >= 4 is 11.6 Å². The number of fused-ring (bicyclic) bond motifs is 1. The van der Waals surface area contributed by atoms with Crippen LogP contribution < -0.4 is 5.32 Å². The Balaban J connectivity index is 1.50. The highest BCUT2D eigenvalue weighted by atomic mass is 16.1. The predicted molar refractivity (Wildman–Crippen MR) is 111 cm³/mol. The van der Waals surface area contributed by atoms with Crippen LogP contribution in [0.25, 0.3) is 11.4 Å². The number of aromatic nitrogens is 3. The molecule has 0 fully saturated rings. The van der Waals surface area contributed by atoms with Crippen LogP contribution in [0.3, 0.4) is 0 Å². The van der Waals surface area contributed by atoms with Crippen molar-refractivity contribution in [1.29, 1.82) is 0 Å². The fourth-order valence-corrected chi connectivity index (χ4v) is 3.74. The van der Waals surface area contributed by atoms with Gasteiger partial charge in [0.25, 0.3) is 0 Å². The topological polar surface area (TPSA) is 59.8 Å². The van der Waals surface area contributed by atoms with Gasteiger partial charge in [0.15, 0.2) is 5.82 Å². The minimum atomic E-state index is -0.0134. The van der Waals surface area contributed by atoms with Crippen LogP contribution in [0.15, 0.2) is 42.5 Å². The van der Waals surface area contributed by atoms with Crippen molar-refractivity contribution in [2.75, 3.05) is 5.32 Å². The summed E-state index contributed by atoms with van der Waals surface area (Å²) in [5, 5.41) is 11.8. The van der Waals surface area contributed by atoms with Gasteiger partial charge in [-0.25, -0.2) is 0 Å². The van der Waals surface area contributed by atoms with Gasteiger partial charge in [-0.15, -0.1) is 10.2 Å². The minimum absolute atomic E-state index is 0.0134. The third-order valence-corrected chi connectivity index (χ3v) is 5.45. The van der Waals surface area contributed by atoms with Gasteiger partial charge in [-0.3, -0.25) is 4.79 Å². The molecular formula is C23H26N4O. The number of benzene rings is 2. The van der Waals surface area contributed by atoms with Crippen molar-refractivity contribution in [3.63, 3.8) is 0 Å². The first-order chi connectivity index (χ1) is 13.6. The number of nitrogens with one attached hydrogen (secondary N) is 1. The fraction of sp³-hybridized carbons (Fsp3) is 0.348. The van der Waals surface area contributed by atoms with Crippen LogP contribution in [-0.4, -0.2) is 20.7 Å². The van der Waals surface area contributed by atoms with E-state index in [9.17, 15) is 4.79 Å². The molecule has 2 aromatic carbocycles. The number of rotatable bonds is 4. The highest BCUT2D eigenvalue weighted by Gasteiger charge is 2.16. The zero-order valence-electron chi connectivity index (χ0n) is 16.5.